The molecule has 1 unspecified atom stereocenters. The summed E-state index contributed by atoms with van der Waals surface area (Å²) in [6.07, 6.45) is -0.643. The Kier molecular flexibility index (Phi) is 5.61. The number of carbonyl (C=O) groups is 1. The van der Waals surface area contributed by atoms with Crippen molar-refractivity contribution in [3.05, 3.63) is 0 Å². The highest BCUT2D eigenvalue weighted by Crippen LogP contribution is 1.89. The molecule has 3 N–H and O–H groups in total. The smallest absolute Gasteiger partial charge is 0.236 e. The number of nitrogens with zero attached hydrogens (tertiary/aromatic N) is 1. The lowest BCUT2D eigenvalue weighted by Crippen LogP contribution is -2.39. The summed E-state index contributed by atoms with van der Waals surface area (Å²) in [4.78, 5) is 12.3. The van der Waals surface area contributed by atoms with E-state index in [2.05, 4.69) is 0 Å². The Bertz CT molecular complexity index is 141. The van der Waals surface area contributed by atoms with Gasteiger partial charge in [-0.05, 0) is 0 Å². The van der Waals surface area contributed by atoms with E-state index >= 15 is 0 Å². The third kappa shape index (κ3) is 4.27. The van der Waals surface area contributed by atoms with Crippen molar-refractivity contribution in [2.75, 3.05) is 33.9 Å². The number of likely N-dealkylation sites (N-methyl/N-ethyl adjacent to an activating group) is 1. The minimum atomic E-state index is -0.643. The SMILES string of the molecule is COCC(O)CN(C)C(=O)CN. The Morgan fingerprint density at radius 2 is 2.33 bits per heavy atom. The van der Waals surface area contributed by atoms with E-state index in [-0.39, 0.29) is 25.6 Å². The van der Waals surface area contributed by atoms with Crippen molar-refractivity contribution in [1.29, 1.82) is 0 Å². The first-order valence-electron chi connectivity index (χ1n) is 3.72. The maximum atomic E-state index is 10.9. The summed E-state index contributed by atoms with van der Waals surface area (Å²) in [6.45, 7) is 0.447. The highest BCUT2D eigenvalue weighted by Gasteiger charge is 2.11. The van der Waals surface area contributed by atoms with Crippen molar-refractivity contribution in [3.8, 4) is 0 Å². The number of amides is 1. The molecule has 0 bridgehead atoms. The van der Waals surface area contributed by atoms with E-state index in [4.69, 9.17) is 10.5 Å². The summed E-state index contributed by atoms with van der Waals surface area (Å²) in [7, 11) is 3.09. The van der Waals surface area contributed by atoms with Crippen LogP contribution in [0.4, 0.5) is 0 Å². The van der Waals surface area contributed by atoms with Gasteiger partial charge in [-0.3, -0.25) is 4.79 Å². The number of carbonyl (C=O) groups excluding carboxylic acids is 1. The van der Waals surface area contributed by atoms with E-state index in [0.29, 0.717) is 0 Å². The molecule has 1 atom stereocenters. The van der Waals surface area contributed by atoms with Crippen LogP contribution in [-0.2, 0) is 9.53 Å². The Morgan fingerprint density at radius 3 is 2.75 bits per heavy atom. The van der Waals surface area contributed by atoms with Crippen LogP contribution in [0.3, 0.4) is 0 Å². The van der Waals surface area contributed by atoms with E-state index in [1.165, 1.54) is 12.0 Å². The molecule has 0 saturated heterocycles. The highest BCUT2D eigenvalue weighted by atomic mass is 16.5. The van der Waals surface area contributed by atoms with Crippen molar-refractivity contribution >= 4 is 5.91 Å². The zero-order chi connectivity index (χ0) is 9.56. The van der Waals surface area contributed by atoms with Gasteiger partial charge in [0.1, 0.15) is 0 Å². The molecule has 0 aromatic heterocycles. The van der Waals surface area contributed by atoms with Gasteiger partial charge in [-0.25, -0.2) is 0 Å². The van der Waals surface area contributed by atoms with Crippen LogP contribution >= 0.6 is 0 Å². The molecule has 0 spiro atoms. The standard InChI is InChI=1S/C7H16N2O3/c1-9(7(11)3-8)4-6(10)5-12-2/h6,10H,3-5,8H2,1-2H3. The van der Waals surface area contributed by atoms with Crippen LogP contribution in [0, 0.1) is 0 Å². The van der Waals surface area contributed by atoms with Gasteiger partial charge in [0, 0.05) is 20.7 Å². The number of hydrogen-bond donors (Lipinski definition) is 2. The molecule has 5 heteroatoms. The largest absolute Gasteiger partial charge is 0.389 e. The predicted octanol–water partition coefficient (Wildman–Crippen LogP) is -1.59. The number of ether oxygens (including phenoxy) is 1. The van der Waals surface area contributed by atoms with E-state index < -0.39 is 6.10 Å². The average Bonchev–Trinajstić information content (AvgIpc) is 2.03. The molecule has 0 rings (SSSR count). The van der Waals surface area contributed by atoms with E-state index in [1.807, 2.05) is 0 Å². The van der Waals surface area contributed by atoms with E-state index in [0.717, 1.165) is 0 Å². The second kappa shape index (κ2) is 5.93. The Hall–Kier alpha value is -0.650. The van der Waals surface area contributed by atoms with Gasteiger partial charge in [-0.1, -0.05) is 0 Å². The topological polar surface area (TPSA) is 75.8 Å². The summed E-state index contributed by atoms with van der Waals surface area (Å²) in [5.41, 5.74) is 5.12. The third-order valence-corrected chi connectivity index (χ3v) is 1.44. The lowest BCUT2D eigenvalue weighted by Gasteiger charge is -2.19. The van der Waals surface area contributed by atoms with Crippen molar-refractivity contribution in [2.24, 2.45) is 5.73 Å². The van der Waals surface area contributed by atoms with Crippen LogP contribution in [-0.4, -0.2) is 55.9 Å². The molecule has 12 heavy (non-hydrogen) atoms. The number of aliphatic hydroxyl groups is 1. The fraction of sp³-hybridized carbons (Fsp3) is 0.857. The highest BCUT2D eigenvalue weighted by molar-refractivity contribution is 5.77. The van der Waals surface area contributed by atoms with Crippen molar-refractivity contribution < 1.29 is 14.6 Å². The molecule has 1 amide bonds. The van der Waals surface area contributed by atoms with Gasteiger partial charge in [0.05, 0.1) is 19.3 Å². The van der Waals surface area contributed by atoms with Gasteiger partial charge in [-0.15, -0.1) is 0 Å². The van der Waals surface area contributed by atoms with Crippen LogP contribution < -0.4 is 5.73 Å². The molecule has 0 aliphatic carbocycles. The first-order valence-corrected chi connectivity index (χ1v) is 3.72. The summed E-state index contributed by atoms with van der Waals surface area (Å²) in [5, 5.41) is 9.20. The summed E-state index contributed by atoms with van der Waals surface area (Å²) < 4.78 is 4.70. The number of nitrogens with two attached hydrogens (primary N) is 1. The van der Waals surface area contributed by atoms with Gasteiger partial charge in [-0.2, -0.15) is 0 Å². The molecule has 0 aliphatic rings. The molecule has 0 heterocycles. The molecule has 0 aliphatic heterocycles. The van der Waals surface area contributed by atoms with Crippen LogP contribution in [0.15, 0.2) is 0 Å². The van der Waals surface area contributed by atoms with E-state index in [9.17, 15) is 9.90 Å². The fourth-order valence-corrected chi connectivity index (χ4v) is 0.819. The summed E-state index contributed by atoms with van der Waals surface area (Å²) in [5.74, 6) is -0.190. The molecule has 0 saturated carbocycles. The predicted molar refractivity (Wildman–Crippen MR) is 44.6 cm³/mol. The summed E-state index contributed by atoms with van der Waals surface area (Å²) >= 11 is 0. The lowest BCUT2D eigenvalue weighted by atomic mass is 10.3. The molecular weight excluding hydrogens is 160 g/mol. The number of aliphatic hydroxyl groups excluding tert-OH is 1. The minimum absolute atomic E-state index is 0.0315. The molecule has 0 radical (unpaired) electrons. The van der Waals surface area contributed by atoms with Crippen LogP contribution in [0.5, 0.6) is 0 Å². The third-order valence-electron chi connectivity index (χ3n) is 1.44. The van der Waals surface area contributed by atoms with Crippen LogP contribution in [0.2, 0.25) is 0 Å². The lowest BCUT2D eigenvalue weighted by molar-refractivity contribution is -0.130. The van der Waals surface area contributed by atoms with Crippen LogP contribution in [0.1, 0.15) is 0 Å². The number of hydrogen-bond acceptors (Lipinski definition) is 4. The van der Waals surface area contributed by atoms with E-state index in [1.54, 1.807) is 7.05 Å². The van der Waals surface area contributed by atoms with Gasteiger partial charge >= 0.3 is 0 Å². The Labute approximate surface area is 72.1 Å². The monoisotopic (exact) mass is 176 g/mol. The maximum Gasteiger partial charge on any atom is 0.236 e. The molecule has 72 valence electrons. The zero-order valence-electron chi connectivity index (χ0n) is 7.49. The Balaban J connectivity index is 3.67. The first-order chi connectivity index (χ1) is 5.61. The first kappa shape index (κ1) is 11.4. The number of rotatable bonds is 5. The van der Waals surface area contributed by atoms with Crippen LogP contribution in [0.25, 0.3) is 0 Å². The minimum Gasteiger partial charge on any atom is -0.389 e. The second-order valence-corrected chi connectivity index (χ2v) is 2.59. The quantitative estimate of drug-likeness (QED) is 0.529. The molecule has 5 nitrogen and oxygen atoms in total. The number of methoxy groups -OCH3 is 1. The second-order valence-electron chi connectivity index (χ2n) is 2.59. The van der Waals surface area contributed by atoms with Gasteiger partial charge < -0.3 is 20.5 Å². The van der Waals surface area contributed by atoms with Crippen molar-refractivity contribution in [2.45, 2.75) is 6.10 Å². The summed E-state index contributed by atoms with van der Waals surface area (Å²) in [6, 6.07) is 0. The molecule has 0 fully saturated rings. The van der Waals surface area contributed by atoms with Crippen molar-refractivity contribution in [1.82, 2.24) is 4.90 Å². The molecule has 0 aromatic rings. The average molecular weight is 176 g/mol. The van der Waals surface area contributed by atoms with Crippen molar-refractivity contribution in [3.63, 3.8) is 0 Å². The molecule has 0 aromatic carbocycles. The molecular formula is C7H16N2O3. The van der Waals surface area contributed by atoms with Gasteiger partial charge in [0.25, 0.3) is 0 Å². The van der Waals surface area contributed by atoms with Gasteiger partial charge in [0.2, 0.25) is 5.91 Å². The fourth-order valence-electron chi connectivity index (χ4n) is 0.819. The van der Waals surface area contributed by atoms with Gasteiger partial charge in [0.15, 0.2) is 0 Å². The zero-order valence-corrected chi connectivity index (χ0v) is 7.49. The maximum absolute atomic E-state index is 10.9. The normalized spacial score (nSPS) is 12.7. The Morgan fingerprint density at radius 1 is 1.75 bits per heavy atom.